The number of benzene rings is 4. The number of carbonyl (C=O) groups excluding carboxylic acids is 1. The third-order valence-electron chi connectivity index (χ3n) is 8.51. The molecule has 1 N–H and O–H groups in total. The van der Waals surface area contributed by atoms with Gasteiger partial charge >= 0.3 is 249 Å². The summed E-state index contributed by atoms with van der Waals surface area (Å²) in [4.78, 5) is 13.8. The number of rotatable bonds is 15. The Morgan fingerprint density at radius 1 is 0.605 bits per heavy atom. The molecule has 1 aliphatic carbocycles. The van der Waals surface area contributed by atoms with Crippen molar-refractivity contribution >= 4 is 22.9 Å². The normalized spacial score (nSPS) is 11.7. The topological polar surface area (TPSA) is 29.1 Å². The summed E-state index contributed by atoms with van der Waals surface area (Å²) in [5.41, 5.74) is 5.52. The van der Waals surface area contributed by atoms with Crippen molar-refractivity contribution in [2.45, 2.75) is 75.4 Å². The summed E-state index contributed by atoms with van der Waals surface area (Å²) >= 11 is -2.32. The van der Waals surface area contributed by atoms with Crippen LogP contribution in [-0.4, -0.2) is 12.6 Å². The first-order chi connectivity index (χ1) is 20.3. The number of hydrogen-bond acceptors (Lipinski definition) is 1. The van der Waals surface area contributed by atoms with Gasteiger partial charge in [-0.3, -0.25) is 0 Å². The fourth-order valence-electron chi connectivity index (χ4n) is 6.46. The van der Waals surface area contributed by atoms with E-state index in [4.69, 9.17) is 0 Å². The number of unbranched alkanes of at least 4 members (excludes halogenated alkanes) is 8. The molecule has 43 heavy (non-hydrogen) atoms. The van der Waals surface area contributed by atoms with Crippen molar-refractivity contribution in [2.75, 3.05) is 0 Å². The molecule has 1 aliphatic rings. The minimum absolute atomic E-state index is 0. The van der Waals surface area contributed by atoms with Crippen LogP contribution in [0.1, 0.15) is 86.5 Å². The van der Waals surface area contributed by atoms with Gasteiger partial charge in [-0.1, -0.05) is 6.92 Å². The Morgan fingerprint density at radius 3 is 1.51 bits per heavy atom. The van der Waals surface area contributed by atoms with E-state index in [2.05, 4.69) is 120 Å². The first-order valence-electron chi connectivity index (χ1n) is 15.7. The van der Waals surface area contributed by atoms with E-state index in [0.717, 1.165) is 12.8 Å². The summed E-state index contributed by atoms with van der Waals surface area (Å²) in [5.74, 6) is 0.272. The molecule has 4 aromatic rings. The van der Waals surface area contributed by atoms with Crippen molar-refractivity contribution in [2.24, 2.45) is 0 Å². The zero-order valence-corrected chi connectivity index (χ0v) is 29.5. The van der Waals surface area contributed by atoms with Crippen molar-refractivity contribution in [3.05, 3.63) is 120 Å². The smallest absolute Gasteiger partial charge is 1.00 e. The fourth-order valence-corrected chi connectivity index (χ4v) is 21.6. The second kappa shape index (κ2) is 18.6. The van der Waals surface area contributed by atoms with Crippen LogP contribution >= 0.6 is 0 Å². The van der Waals surface area contributed by atoms with E-state index >= 15 is 0 Å². The monoisotopic (exact) mass is 664 g/mol. The van der Waals surface area contributed by atoms with Crippen LogP contribution in [0.15, 0.2) is 109 Å². The zero-order valence-electron chi connectivity index (χ0n) is 25.3. The maximum absolute atomic E-state index is 13.8. The number of carbonyl (C=O) groups is 1. The number of nitrogens with one attached hydrogen (secondary N) is 1. The van der Waals surface area contributed by atoms with E-state index in [1.807, 2.05) is 0 Å². The van der Waals surface area contributed by atoms with Crippen LogP contribution < -0.4 is 39.0 Å². The summed E-state index contributed by atoms with van der Waals surface area (Å²) in [6, 6.07) is 40.1. The predicted molar refractivity (Wildman–Crippen MR) is 173 cm³/mol. The Labute approximate surface area is 278 Å². The molecule has 0 aromatic heterocycles. The molecule has 2 nitrogen and oxygen atoms in total. The molecule has 0 unspecified atom stereocenters. The molecule has 0 heterocycles. The van der Waals surface area contributed by atoms with E-state index < -0.39 is 24.0 Å². The second-order valence-electron chi connectivity index (χ2n) is 11.4. The molecule has 225 valence electrons. The quantitative estimate of drug-likeness (QED) is 0.153. The van der Waals surface area contributed by atoms with Gasteiger partial charge < -0.3 is 24.8 Å². The summed E-state index contributed by atoms with van der Waals surface area (Å²) in [7, 11) is 0. The van der Waals surface area contributed by atoms with Gasteiger partial charge in [-0.15, -0.1) is 0 Å². The van der Waals surface area contributed by atoms with Crippen molar-refractivity contribution in [3.8, 4) is 11.1 Å². The zero-order chi connectivity index (χ0) is 28.3. The van der Waals surface area contributed by atoms with Crippen LogP contribution in [0.3, 0.4) is 0 Å². The second-order valence-corrected chi connectivity index (χ2v) is 21.6. The van der Waals surface area contributed by atoms with E-state index in [9.17, 15) is 4.79 Å². The Hall–Kier alpha value is -2.14. The minimum atomic E-state index is -2.32. The SMILES string of the molecule is CCCCCCCCCCCC(=O)[NH][Ti+2]([CH]1c2ccccc2-c2ccccc21)[SiH](c1ccccc1)c1ccccc1.[Cl-].[Cl-]. The molecule has 0 saturated carbocycles. The van der Waals surface area contributed by atoms with E-state index in [0.29, 0.717) is 10.6 Å². The van der Waals surface area contributed by atoms with Gasteiger partial charge in [0.2, 0.25) is 0 Å². The van der Waals surface area contributed by atoms with E-state index in [1.54, 1.807) is 0 Å². The van der Waals surface area contributed by atoms with Crippen molar-refractivity contribution in [3.63, 3.8) is 0 Å². The largest absolute Gasteiger partial charge is 1.00 e. The Bertz CT molecular complexity index is 1300. The van der Waals surface area contributed by atoms with Gasteiger partial charge in [0.05, 0.1) is 0 Å². The van der Waals surface area contributed by atoms with Crippen molar-refractivity contribution < 1.29 is 47.0 Å². The van der Waals surface area contributed by atoms with Crippen LogP contribution in [0.25, 0.3) is 11.1 Å². The van der Waals surface area contributed by atoms with Gasteiger partial charge in [-0.25, -0.2) is 0 Å². The Morgan fingerprint density at radius 2 is 1.02 bits per heavy atom. The number of amides is 1. The van der Waals surface area contributed by atoms with Gasteiger partial charge in [0.15, 0.2) is 0 Å². The molecule has 0 fully saturated rings. The fraction of sp³-hybridized carbons (Fsp3) is 0.324. The standard InChI is InChI=1S/C13H9.C12H25NO.C12H11Si.2ClH.Ti/c1-3-7-12-10(5-1)9-11-6-2-4-8-13(11)12;1-2-3-4-5-6-7-8-9-10-11-12(13)14;1-3-7-11(8-4-1)13-12-9-5-2-6-10-12;;;/h1-9H;2-11H2,1H3,(H2,13,14);1-10,13H;2*1H;/q;;;;;+3/p-3. The minimum Gasteiger partial charge on any atom is -1.00 e. The predicted octanol–water partition coefficient (Wildman–Crippen LogP) is 1.87. The summed E-state index contributed by atoms with van der Waals surface area (Å²) in [6.07, 6.45) is 12.1. The van der Waals surface area contributed by atoms with Gasteiger partial charge in [-0.05, 0) is 0 Å². The number of halogens is 2. The van der Waals surface area contributed by atoms with Crippen LogP contribution in [-0.2, 0) is 22.2 Å². The molecule has 4 aromatic carbocycles. The molecule has 0 atom stereocenters. The van der Waals surface area contributed by atoms with Gasteiger partial charge in [0.1, 0.15) is 0 Å². The van der Waals surface area contributed by atoms with Gasteiger partial charge in [0, 0.05) is 0 Å². The molecule has 1 amide bonds. The molecule has 0 aliphatic heterocycles. The average Bonchev–Trinajstić information content (AvgIpc) is 3.35. The molecule has 5 rings (SSSR count). The van der Waals surface area contributed by atoms with Crippen LogP contribution in [0.5, 0.6) is 0 Å². The Kier molecular flexibility index (Phi) is 15.3. The Balaban J connectivity index is 0.00000253. The van der Waals surface area contributed by atoms with Crippen LogP contribution in [0.4, 0.5) is 0 Å². The molecule has 0 spiro atoms. The summed E-state index contributed by atoms with van der Waals surface area (Å²) in [6.45, 7) is 0.547. The van der Waals surface area contributed by atoms with E-state index in [-0.39, 0.29) is 30.7 Å². The van der Waals surface area contributed by atoms with Gasteiger partial charge in [-0.2, -0.15) is 0 Å². The van der Waals surface area contributed by atoms with Crippen LogP contribution in [0, 0.1) is 0 Å². The first-order valence-corrected chi connectivity index (χ1v) is 21.8. The maximum Gasteiger partial charge on any atom is -1.00 e. The van der Waals surface area contributed by atoms with E-state index in [1.165, 1.54) is 77.6 Å². The molecular weight excluding hydrogens is 621 g/mol. The van der Waals surface area contributed by atoms with Crippen molar-refractivity contribution in [1.29, 1.82) is 0 Å². The number of fused-ring (bicyclic) bond motifs is 3. The number of hydrogen-bond donors (Lipinski definition) is 1. The molecular formula is C37H44Cl2NOSiTi. The summed E-state index contributed by atoms with van der Waals surface area (Å²) < 4.78 is 4.15. The van der Waals surface area contributed by atoms with Crippen molar-refractivity contribution in [1.82, 2.24) is 3.80 Å². The third-order valence-corrected chi connectivity index (χ3v) is 22.1. The molecule has 6 heteroatoms. The third kappa shape index (κ3) is 9.19. The first kappa shape index (κ1) is 35.3. The molecule has 0 radical (unpaired) electrons. The average molecular weight is 666 g/mol. The molecule has 0 bridgehead atoms. The van der Waals surface area contributed by atoms with Gasteiger partial charge in [0.25, 0.3) is 0 Å². The summed E-state index contributed by atoms with van der Waals surface area (Å²) in [5, 5.41) is 2.89. The molecule has 0 saturated heterocycles. The maximum atomic E-state index is 13.8. The van der Waals surface area contributed by atoms with Crippen LogP contribution in [0.2, 0.25) is 0 Å².